The normalized spacial score (nSPS) is 14.2. The average Bonchev–Trinajstić information content (AvgIpc) is 2.67. The second-order valence-corrected chi connectivity index (χ2v) is 5.91. The molecule has 3 rings (SSSR count). The zero-order valence-corrected chi connectivity index (χ0v) is 15.1. The number of ether oxygens (including phenoxy) is 3. The fourth-order valence-corrected chi connectivity index (χ4v) is 3.17. The summed E-state index contributed by atoms with van der Waals surface area (Å²) < 4.78 is 16.8. The quantitative estimate of drug-likeness (QED) is 0.764. The summed E-state index contributed by atoms with van der Waals surface area (Å²) in [6, 6.07) is 14.4. The molecule has 3 heteroatoms. The van der Waals surface area contributed by atoms with Gasteiger partial charge in [0, 0.05) is 11.1 Å². The van der Waals surface area contributed by atoms with E-state index in [1.54, 1.807) is 21.3 Å². The molecule has 0 fully saturated rings. The van der Waals surface area contributed by atoms with E-state index in [0.717, 1.165) is 46.0 Å². The Morgan fingerprint density at radius 2 is 1.60 bits per heavy atom. The Labute approximate surface area is 149 Å². The molecule has 2 aromatic rings. The van der Waals surface area contributed by atoms with Crippen LogP contribution in [0.5, 0.6) is 11.5 Å². The first-order valence-electron chi connectivity index (χ1n) is 8.30. The van der Waals surface area contributed by atoms with Crippen molar-refractivity contribution in [2.45, 2.75) is 13.3 Å². The van der Waals surface area contributed by atoms with E-state index >= 15 is 0 Å². The highest BCUT2D eigenvalue weighted by Crippen LogP contribution is 2.44. The number of para-hydroxylation sites is 1. The number of hydrogen-bond donors (Lipinski definition) is 0. The highest BCUT2D eigenvalue weighted by molar-refractivity contribution is 6.02. The van der Waals surface area contributed by atoms with Gasteiger partial charge in [0.25, 0.3) is 0 Å². The Kier molecular flexibility index (Phi) is 5.13. The molecule has 0 heterocycles. The van der Waals surface area contributed by atoms with Crippen LogP contribution in [0.3, 0.4) is 0 Å². The van der Waals surface area contributed by atoms with Crippen LogP contribution in [-0.4, -0.2) is 21.3 Å². The van der Waals surface area contributed by atoms with Crippen LogP contribution in [0.1, 0.15) is 23.1 Å². The monoisotopic (exact) mass is 335 g/mol. The summed E-state index contributed by atoms with van der Waals surface area (Å²) >= 11 is 0. The van der Waals surface area contributed by atoms with Gasteiger partial charge >= 0.3 is 0 Å². The Balaban J connectivity index is 2.26. The summed E-state index contributed by atoms with van der Waals surface area (Å²) in [6.07, 6.45) is 5.12. The van der Waals surface area contributed by atoms with Crippen molar-refractivity contribution in [2.24, 2.45) is 0 Å². The van der Waals surface area contributed by atoms with Crippen LogP contribution in [0.25, 0.3) is 11.1 Å². The predicted octanol–water partition coefficient (Wildman–Crippen LogP) is 5.06. The van der Waals surface area contributed by atoms with Gasteiger partial charge in [-0.3, -0.25) is 0 Å². The summed E-state index contributed by atoms with van der Waals surface area (Å²) in [5.74, 6) is 2.34. The largest absolute Gasteiger partial charge is 0.496 e. The average molecular weight is 335 g/mol. The standard InChI is InChI=1S/C22H23O3/c1-15-11-13-16(14-12-15)21-17(7-5-9-19(21)23-2)18-8-6-10-20(24-3)22(18)25-4/h6-14H,5H2,1-4H3. The van der Waals surface area contributed by atoms with Gasteiger partial charge in [-0.05, 0) is 43.0 Å². The first-order chi connectivity index (χ1) is 12.2. The van der Waals surface area contributed by atoms with Gasteiger partial charge in [0.05, 0.1) is 21.3 Å². The summed E-state index contributed by atoms with van der Waals surface area (Å²) in [5.41, 5.74) is 5.52. The number of allylic oxidation sites excluding steroid dienone is 3. The molecular weight excluding hydrogens is 312 g/mol. The molecule has 0 bridgehead atoms. The highest BCUT2D eigenvalue weighted by Gasteiger charge is 2.23. The van der Waals surface area contributed by atoms with Gasteiger partial charge in [-0.2, -0.15) is 0 Å². The molecule has 0 spiro atoms. The molecule has 0 saturated carbocycles. The van der Waals surface area contributed by atoms with E-state index in [9.17, 15) is 0 Å². The summed E-state index contributed by atoms with van der Waals surface area (Å²) in [5, 5.41) is 0. The zero-order valence-electron chi connectivity index (χ0n) is 15.1. The Hall–Kier alpha value is -2.68. The van der Waals surface area contributed by atoms with E-state index in [0.29, 0.717) is 0 Å². The Morgan fingerprint density at radius 3 is 2.24 bits per heavy atom. The van der Waals surface area contributed by atoms with E-state index in [-0.39, 0.29) is 0 Å². The van der Waals surface area contributed by atoms with Gasteiger partial charge in [0.15, 0.2) is 11.5 Å². The van der Waals surface area contributed by atoms with E-state index < -0.39 is 0 Å². The molecule has 2 aromatic carbocycles. The van der Waals surface area contributed by atoms with Crippen molar-refractivity contribution >= 4 is 11.1 Å². The molecule has 1 aliphatic rings. The summed E-state index contributed by atoms with van der Waals surface area (Å²) in [6.45, 7) is 2.09. The topological polar surface area (TPSA) is 27.7 Å². The molecule has 0 aromatic heterocycles. The molecule has 3 nitrogen and oxygen atoms in total. The minimum atomic E-state index is 0.720. The smallest absolute Gasteiger partial charge is 0.168 e. The van der Waals surface area contributed by atoms with Gasteiger partial charge in [0.2, 0.25) is 0 Å². The van der Waals surface area contributed by atoms with E-state index in [4.69, 9.17) is 14.2 Å². The third-order valence-electron chi connectivity index (χ3n) is 4.39. The van der Waals surface area contributed by atoms with Crippen molar-refractivity contribution in [1.29, 1.82) is 0 Å². The Morgan fingerprint density at radius 1 is 0.840 bits per heavy atom. The third kappa shape index (κ3) is 3.27. The molecule has 1 aliphatic carbocycles. The van der Waals surface area contributed by atoms with Crippen molar-refractivity contribution in [3.8, 4) is 11.5 Å². The van der Waals surface area contributed by atoms with Gasteiger partial charge in [-0.1, -0.05) is 42.0 Å². The van der Waals surface area contributed by atoms with Crippen molar-refractivity contribution in [3.05, 3.63) is 77.4 Å². The number of aryl methyl sites for hydroxylation is 1. The molecule has 0 amide bonds. The lowest BCUT2D eigenvalue weighted by atomic mass is 9.86. The molecule has 0 N–H and O–H groups in total. The lowest BCUT2D eigenvalue weighted by molar-refractivity contribution is 0.309. The number of hydrogen-bond acceptors (Lipinski definition) is 3. The van der Waals surface area contributed by atoms with Crippen LogP contribution in [0.4, 0.5) is 0 Å². The van der Waals surface area contributed by atoms with Crippen molar-refractivity contribution in [1.82, 2.24) is 0 Å². The SMILES string of the molecule is COC1=CC[CH]C(c2cccc(OC)c2OC)=C1c1ccc(C)cc1. The van der Waals surface area contributed by atoms with Crippen LogP contribution in [0.2, 0.25) is 0 Å². The molecule has 129 valence electrons. The molecule has 0 saturated heterocycles. The fraction of sp³-hybridized carbons (Fsp3) is 0.227. The number of methoxy groups -OCH3 is 3. The predicted molar refractivity (Wildman–Crippen MR) is 102 cm³/mol. The molecule has 0 aliphatic heterocycles. The molecular formula is C22H23O3. The Bertz CT molecular complexity index is 814. The number of benzene rings is 2. The van der Waals surface area contributed by atoms with Crippen molar-refractivity contribution < 1.29 is 14.2 Å². The molecule has 25 heavy (non-hydrogen) atoms. The molecule has 0 atom stereocenters. The van der Waals surface area contributed by atoms with Crippen LogP contribution in [0.15, 0.2) is 54.3 Å². The summed E-state index contributed by atoms with van der Waals surface area (Å²) in [7, 11) is 5.04. The maximum atomic E-state index is 5.68. The van der Waals surface area contributed by atoms with Gasteiger partial charge in [0.1, 0.15) is 5.76 Å². The number of rotatable bonds is 5. The highest BCUT2D eigenvalue weighted by atomic mass is 16.5. The minimum absolute atomic E-state index is 0.720. The maximum absolute atomic E-state index is 5.68. The lowest BCUT2D eigenvalue weighted by Crippen LogP contribution is -2.05. The van der Waals surface area contributed by atoms with Gasteiger partial charge in [-0.15, -0.1) is 0 Å². The maximum Gasteiger partial charge on any atom is 0.168 e. The zero-order chi connectivity index (χ0) is 17.8. The van der Waals surface area contributed by atoms with Crippen LogP contribution < -0.4 is 9.47 Å². The van der Waals surface area contributed by atoms with Crippen molar-refractivity contribution in [3.63, 3.8) is 0 Å². The second-order valence-electron chi connectivity index (χ2n) is 5.91. The van der Waals surface area contributed by atoms with Crippen LogP contribution in [0, 0.1) is 13.3 Å². The third-order valence-corrected chi connectivity index (χ3v) is 4.39. The fourth-order valence-electron chi connectivity index (χ4n) is 3.17. The van der Waals surface area contributed by atoms with E-state index in [1.165, 1.54) is 5.56 Å². The first-order valence-corrected chi connectivity index (χ1v) is 8.30. The van der Waals surface area contributed by atoms with Gasteiger partial charge < -0.3 is 14.2 Å². The van der Waals surface area contributed by atoms with Gasteiger partial charge in [-0.25, -0.2) is 0 Å². The van der Waals surface area contributed by atoms with Crippen molar-refractivity contribution in [2.75, 3.05) is 21.3 Å². The minimum Gasteiger partial charge on any atom is -0.496 e. The van der Waals surface area contributed by atoms with E-state index in [1.807, 2.05) is 12.1 Å². The molecule has 0 unspecified atom stereocenters. The molecule has 1 radical (unpaired) electrons. The second kappa shape index (κ2) is 7.47. The van der Waals surface area contributed by atoms with E-state index in [2.05, 4.69) is 49.8 Å². The van der Waals surface area contributed by atoms with Crippen LogP contribution >= 0.6 is 0 Å². The summed E-state index contributed by atoms with van der Waals surface area (Å²) in [4.78, 5) is 0. The van der Waals surface area contributed by atoms with Crippen LogP contribution in [-0.2, 0) is 4.74 Å². The lowest BCUT2D eigenvalue weighted by Gasteiger charge is -2.23. The first kappa shape index (κ1) is 17.2.